The maximum atomic E-state index is 12.2. The Morgan fingerprint density at radius 3 is 2.58 bits per heavy atom. The van der Waals surface area contributed by atoms with E-state index in [0.29, 0.717) is 12.2 Å². The fourth-order valence-corrected chi connectivity index (χ4v) is 2.64. The van der Waals surface area contributed by atoms with Crippen molar-refractivity contribution in [3.63, 3.8) is 0 Å². The van der Waals surface area contributed by atoms with Crippen molar-refractivity contribution < 1.29 is 9.53 Å². The molecule has 2 rings (SSSR count). The summed E-state index contributed by atoms with van der Waals surface area (Å²) in [6.07, 6.45) is 4.69. The van der Waals surface area contributed by atoms with Crippen LogP contribution in [0.25, 0.3) is 0 Å². The molecule has 0 aliphatic carbocycles. The molecule has 1 amide bonds. The van der Waals surface area contributed by atoms with Crippen LogP contribution in [0.15, 0.2) is 48.5 Å². The van der Waals surface area contributed by atoms with Crippen LogP contribution in [-0.2, 0) is 0 Å². The highest BCUT2D eigenvalue weighted by molar-refractivity contribution is 7.80. The predicted molar refractivity (Wildman–Crippen MR) is 111 cm³/mol. The number of carbonyl (C=O) groups is 1. The van der Waals surface area contributed by atoms with Crippen molar-refractivity contribution in [2.45, 2.75) is 39.5 Å². The van der Waals surface area contributed by atoms with Crippen LogP contribution >= 0.6 is 12.2 Å². The summed E-state index contributed by atoms with van der Waals surface area (Å²) >= 11 is 5.23. The summed E-state index contributed by atoms with van der Waals surface area (Å²) in [6, 6.07) is 14.9. The standard InChI is InChI=1S/C21H26N2O2S/c1-3-4-5-6-14-25-19-9-7-8-18(15-19)22-21(26)23-20(24)17-12-10-16(2)11-13-17/h7-13,15H,3-6,14H2,1-2H3,(H2,22,23,24,26). The molecular formula is C21H26N2O2S. The number of thiocarbonyl (C=S) groups is 1. The first-order valence-electron chi connectivity index (χ1n) is 9.00. The first kappa shape index (κ1) is 19.9. The summed E-state index contributed by atoms with van der Waals surface area (Å²) in [5.74, 6) is 0.560. The smallest absolute Gasteiger partial charge is 0.257 e. The van der Waals surface area contributed by atoms with Crippen molar-refractivity contribution in [2.75, 3.05) is 11.9 Å². The van der Waals surface area contributed by atoms with Crippen LogP contribution in [0, 0.1) is 6.92 Å². The zero-order valence-electron chi connectivity index (χ0n) is 15.4. The molecule has 138 valence electrons. The number of nitrogens with one attached hydrogen (secondary N) is 2. The first-order valence-corrected chi connectivity index (χ1v) is 9.41. The molecule has 0 saturated carbocycles. The highest BCUT2D eigenvalue weighted by Crippen LogP contribution is 2.18. The van der Waals surface area contributed by atoms with Crippen molar-refractivity contribution >= 4 is 28.9 Å². The lowest BCUT2D eigenvalue weighted by Crippen LogP contribution is -2.34. The Hall–Kier alpha value is -2.40. The van der Waals surface area contributed by atoms with E-state index in [1.54, 1.807) is 12.1 Å². The van der Waals surface area contributed by atoms with Gasteiger partial charge in [-0.1, -0.05) is 49.9 Å². The second-order valence-corrected chi connectivity index (χ2v) is 6.62. The van der Waals surface area contributed by atoms with E-state index in [1.165, 1.54) is 19.3 Å². The van der Waals surface area contributed by atoms with Crippen LogP contribution in [0.4, 0.5) is 5.69 Å². The largest absolute Gasteiger partial charge is 0.494 e. The fraction of sp³-hybridized carbons (Fsp3) is 0.333. The number of hydrogen-bond acceptors (Lipinski definition) is 3. The molecule has 2 aromatic rings. The lowest BCUT2D eigenvalue weighted by molar-refractivity contribution is 0.0977. The second-order valence-electron chi connectivity index (χ2n) is 6.21. The molecule has 0 fully saturated rings. The Morgan fingerprint density at radius 1 is 1.08 bits per heavy atom. The van der Waals surface area contributed by atoms with Gasteiger partial charge in [-0.05, 0) is 49.8 Å². The van der Waals surface area contributed by atoms with Crippen LogP contribution in [0.3, 0.4) is 0 Å². The van der Waals surface area contributed by atoms with Crippen molar-refractivity contribution in [3.8, 4) is 5.75 Å². The normalized spacial score (nSPS) is 10.2. The van der Waals surface area contributed by atoms with Gasteiger partial charge in [-0.3, -0.25) is 10.1 Å². The van der Waals surface area contributed by atoms with Crippen molar-refractivity contribution in [1.82, 2.24) is 5.32 Å². The van der Waals surface area contributed by atoms with Crippen molar-refractivity contribution in [1.29, 1.82) is 0 Å². The Balaban J connectivity index is 1.83. The maximum absolute atomic E-state index is 12.2. The summed E-state index contributed by atoms with van der Waals surface area (Å²) < 4.78 is 5.77. The van der Waals surface area contributed by atoms with Crippen LogP contribution in [0.5, 0.6) is 5.75 Å². The summed E-state index contributed by atoms with van der Waals surface area (Å²) in [6.45, 7) is 4.88. The van der Waals surface area contributed by atoms with Gasteiger partial charge >= 0.3 is 0 Å². The fourth-order valence-electron chi connectivity index (χ4n) is 2.43. The molecule has 0 radical (unpaired) electrons. The third-order valence-electron chi connectivity index (χ3n) is 3.90. The quantitative estimate of drug-likeness (QED) is 0.502. The lowest BCUT2D eigenvalue weighted by atomic mass is 10.1. The molecule has 0 aliphatic rings. The van der Waals surface area contributed by atoms with Gasteiger partial charge < -0.3 is 10.1 Å². The van der Waals surface area contributed by atoms with Gasteiger partial charge in [0.1, 0.15) is 5.75 Å². The minimum atomic E-state index is -0.231. The number of rotatable bonds is 8. The number of carbonyl (C=O) groups excluding carboxylic acids is 1. The average Bonchev–Trinajstić information content (AvgIpc) is 2.62. The predicted octanol–water partition coefficient (Wildman–Crippen LogP) is 5.08. The van der Waals surface area contributed by atoms with Gasteiger partial charge in [0.15, 0.2) is 5.11 Å². The topological polar surface area (TPSA) is 50.4 Å². The Morgan fingerprint density at radius 2 is 1.85 bits per heavy atom. The van der Waals surface area contributed by atoms with Gasteiger partial charge in [-0.15, -0.1) is 0 Å². The van der Waals surface area contributed by atoms with E-state index in [9.17, 15) is 4.79 Å². The Bertz CT molecular complexity index is 729. The SMILES string of the molecule is CCCCCCOc1cccc(NC(=S)NC(=O)c2ccc(C)cc2)c1. The molecular weight excluding hydrogens is 344 g/mol. The van der Waals surface area contributed by atoms with E-state index in [0.717, 1.165) is 23.4 Å². The molecule has 26 heavy (non-hydrogen) atoms. The van der Waals surface area contributed by atoms with E-state index in [1.807, 2.05) is 43.3 Å². The zero-order chi connectivity index (χ0) is 18.8. The third-order valence-corrected chi connectivity index (χ3v) is 4.10. The Labute approximate surface area is 161 Å². The molecule has 0 spiro atoms. The van der Waals surface area contributed by atoms with Gasteiger partial charge in [0.05, 0.1) is 6.61 Å². The van der Waals surface area contributed by atoms with E-state index < -0.39 is 0 Å². The number of unbranched alkanes of at least 4 members (excludes halogenated alkanes) is 3. The lowest BCUT2D eigenvalue weighted by Gasteiger charge is -2.11. The van der Waals surface area contributed by atoms with Crippen molar-refractivity contribution in [3.05, 3.63) is 59.7 Å². The highest BCUT2D eigenvalue weighted by atomic mass is 32.1. The van der Waals surface area contributed by atoms with Crippen LogP contribution in [-0.4, -0.2) is 17.6 Å². The van der Waals surface area contributed by atoms with E-state index in [2.05, 4.69) is 17.6 Å². The van der Waals surface area contributed by atoms with Gasteiger partial charge in [0, 0.05) is 17.3 Å². The molecule has 0 aliphatic heterocycles. The van der Waals surface area contributed by atoms with Crippen LogP contribution in [0.2, 0.25) is 0 Å². The monoisotopic (exact) mass is 370 g/mol. The van der Waals surface area contributed by atoms with Crippen molar-refractivity contribution in [2.24, 2.45) is 0 Å². The number of hydrogen-bond donors (Lipinski definition) is 2. The molecule has 0 saturated heterocycles. The minimum absolute atomic E-state index is 0.231. The van der Waals surface area contributed by atoms with E-state index in [-0.39, 0.29) is 11.0 Å². The molecule has 5 heteroatoms. The van der Waals surface area contributed by atoms with E-state index >= 15 is 0 Å². The number of amides is 1. The summed E-state index contributed by atoms with van der Waals surface area (Å²) in [4.78, 5) is 12.2. The summed E-state index contributed by atoms with van der Waals surface area (Å²) in [5, 5.41) is 5.97. The summed E-state index contributed by atoms with van der Waals surface area (Å²) in [5.41, 5.74) is 2.46. The molecule has 0 atom stereocenters. The average molecular weight is 371 g/mol. The number of aryl methyl sites for hydroxylation is 1. The van der Waals surface area contributed by atoms with Gasteiger partial charge in [0.25, 0.3) is 5.91 Å². The van der Waals surface area contributed by atoms with Gasteiger partial charge in [0.2, 0.25) is 0 Å². The number of benzene rings is 2. The van der Waals surface area contributed by atoms with Gasteiger partial charge in [-0.2, -0.15) is 0 Å². The first-order chi connectivity index (χ1) is 12.6. The molecule has 0 aromatic heterocycles. The molecule has 0 bridgehead atoms. The summed E-state index contributed by atoms with van der Waals surface area (Å²) in [7, 11) is 0. The number of ether oxygens (including phenoxy) is 1. The third kappa shape index (κ3) is 6.84. The molecule has 2 aromatic carbocycles. The molecule has 2 N–H and O–H groups in total. The Kier molecular flexibility index (Phi) is 8.09. The molecule has 0 heterocycles. The molecule has 4 nitrogen and oxygen atoms in total. The van der Waals surface area contributed by atoms with E-state index in [4.69, 9.17) is 17.0 Å². The highest BCUT2D eigenvalue weighted by Gasteiger charge is 2.08. The van der Waals surface area contributed by atoms with Crippen LogP contribution < -0.4 is 15.4 Å². The number of anilines is 1. The molecule has 0 unspecified atom stereocenters. The maximum Gasteiger partial charge on any atom is 0.257 e. The zero-order valence-corrected chi connectivity index (χ0v) is 16.2. The van der Waals surface area contributed by atoms with Gasteiger partial charge in [-0.25, -0.2) is 0 Å². The second kappa shape index (κ2) is 10.6. The van der Waals surface area contributed by atoms with Crippen LogP contribution in [0.1, 0.15) is 48.5 Å². The minimum Gasteiger partial charge on any atom is -0.494 e.